The Balaban J connectivity index is 2.04. The van der Waals surface area contributed by atoms with E-state index >= 15 is 0 Å². The molecule has 104 valence electrons. The number of ketones is 1. The number of benzene rings is 2. The van der Waals surface area contributed by atoms with Crippen LogP contribution in [0.4, 0.5) is 4.39 Å². The lowest BCUT2D eigenvalue weighted by atomic mass is 10.0. The van der Waals surface area contributed by atoms with Crippen LogP contribution < -0.4 is 4.74 Å². The molecule has 0 unspecified atom stereocenters. The molecule has 0 aromatic heterocycles. The molecule has 20 heavy (non-hydrogen) atoms. The molecular weight excluding hydrogens is 279 g/mol. The van der Waals surface area contributed by atoms with Gasteiger partial charge in [-0.3, -0.25) is 4.79 Å². The average Bonchev–Trinajstić information content (AvgIpc) is 2.44. The van der Waals surface area contributed by atoms with Crippen LogP contribution in [0, 0.1) is 5.82 Å². The first kappa shape index (κ1) is 14.5. The fraction of sp³-hybridized carbons (Fsp3) is 0.188. The van der Waals surface area contributed by atoms with Crippen LogP contribution in [-0.2, 0) is 6.42 Å². The largest absolute Gasteiger partial charge is 0.497 e. The number of Topliss-reactive ketones (excluding diaryl/α,β-unsaturated/α-hetero) is 1. The Morgan fingerprint density at radius 1 is 1.25 bits per heavy atom. The summed E-state index contributed by atoms with van der Waals surface area (Å²) < 4.78 is 18.3. The molecule has 0 aliphatic carbocycles. The van der Waals surface area contributed by atoms with Crippen molar-refractivity contribution in [1.82, 2.24) is 0 Å². The van der Waals surface area contributed by atoms with Gasteiger partial charge in [-0.15, -0.1) is 0 Å². The van der Waals surface area contributed by atoms with E-state index in [4.69, 9.17) is 16.3 Å². The number of hydrogen-bond acceptors (Lipinski definition) is 2. The quantitative estimate of drug-likeness (QED) is 0.768. The molecule has 2 nitrogen and oxygen atoms in total. The van der Waals surface area contributed by atoms with Crippen molar-refractivity contribution in [2.45, 2.75) is 12.8 Å². The highest BCUT2D eigenvalue weighted by Crippen LogP contribution is 2.18. The molecule has 2 aromatic carbocycles. The highest BCUT2D eigenvalue weighted by atomic mass is 35.5. The summed E-state index contributed by atoms with van der Waals surface area (Å²) in [7, 11) is 1.55. The third-order valence-electron chi connectivity index (χ3n) is 2.95. The van der Waals surface area contributed by atoms with Crippen molar-refractivity contribution in [3.63, 3.8) is 0 Å². The Labute approximate surface area is 122 Å². The van der Waals surface area contributed by atoms with Crippen LogP contribution in [0.2, 0.25) is 5.02 Å². The summed E-state index contributed by atoms with van der Waals surface area (Å²) in [6, 6.07) is 11.3. The SMILES string of the molecule is COc1cccc(C(=O)CCc2cc(F)cc(Cl)c2)c1. The van der Waals surface area contributed by atoms with Crippen molar-refractivity contribution < 1.29 is 13.9 Å². The smallest absolute Gasteiger partial charge is 0.163 e. The number of rotatable bonds is 5. The number of halogens is 2. The monoisotopic (exact) mass is 292 g/mol. The first-order valence-electron chi connectivity index (χ1n) is 6.20. The topological polar surface area (TPSA) is 26.3 Å². The molecular formula is C16H14ClFO2. The molecule has 0 radical (unpaired) electrons. The van der Waals surface area contributed by atoms with Crippen molar-refractivity contribution in [3.8, 4) is 5.75 Å². The lowest BCUT2D eigenvalue weighted by molar-refractivity contribution is 0.0982. The lowest BCUT2D eigenvalue weighted by Gasteiger charge is -2.05. The van der Waals surface area contributed by atoms with Crippen molar-refractivity contribution in [3.05, 3.63) is 64.4 Å². The number of carbonyl (C=O) groups excluding carboxylic acids is 1. The summed E-state index contributed by atoms with van der Waals surface area (Å²) in [4.78, 5) is 12.1. The van der Waals surface area contributed by atoms with Crippen molar-refractivity contribution in [2.24, 2.45) is 0 Å². The van der Waals surface area contributed by atoms with Gasteiger partial charge in [0.25, 0.3) is 0 Å². The first-order chi connectivity index (χ1) is 9.58. The Morgan fingerprint density at radius 2 is 2.05 bits per heavy atom. The van der Waals surface area contributed by atoms with Gasteiger partial charge in [0.1, 0.15) is 11.6 Å². The third-order valence-corrected chi connectivity index (χ3v) is 3.17. The molecule has 4 heteroatoms. The maximum atomic E-state index is 13.2. The minimum absolute atomic E-state index is 0.00992. The van der Waals surface area contributed by atoms with Gasteiger partial charge < -0.3 is 4.74 Å². The average molecular weight is 293 g/mol. The number of hydrogen-bond donors (Lipinski definition) is 0. The number of methoxy groups -OCH3 is 1. The maximum Gasteiger partial charge on any atom is 0.163 e. The molecule has 0 spiro atoms. The van der Waals surface area contributed by atoms with Crippen molar-refractivity contribution in [2.75, 3.05) is 7.11 Å². The van der Waals surface area contributed by atoms with Crippen LogP contribution in [-0.4, -0.2) is 12.9 Å². The summed E-state index contributed by atoms with van der Waals surface area (Å²) in [5.74, 6) is 0.246. The zero-order valence-electron chi connectivity index (χ0n) is 11.0. The van der Waals surface area contributed by atoms with E-state index in [9.17, 15) is 9.18 Å². The first-order valence-corrected chi connectivity index (χ1v) is 6.58. The molecule has 0 aliphatic heterocycles. The van der Waals surface area contributed by atoms with Gasteiger partial charge in [0.15, 0.2) is 5.78 Å². The second-order valence-corrected chi connectivity index (χ2v) is 4.87. The van der Waals surface area contributed by atoms with Crippen molar-refractivity contribution in [1.29, 1.82) is 0 Å². The Morgan fingerprint density at radius 3 is 2.75 bits per heavy atom. The van der Waals surface area contributed by atoms with Gasteiger partial charge in [-0.25, -0.2) is 4.39 Å². The van der Waals surface area contributed by atoms with Gasteiger partial charge in [0.05, 0.1) is 7.11 Å². The van der Waals surface area contributed by atoms with Gasteiger partial charge in [-0.05, 0) is 42.3 Å². The van der Waals surface area contributed by atoms with E-state index in [1.54, 1.807) is 37.4 Å². The zero-order chi connectivity index (χ0) is 14.5. The molecule has 0 atom stereocenters. The third kappa shape index (κ3) is 3.81. The van der Waals surface area contributed by atoms with Crippen LogP contribution >= 0.6 is 11.6 Å². The lowest BCUT2D eigenvalue weighted by Crippen LogP contribution is -2.02. The number of ether oxygens (including phenoxy) is 1. The fourth-order valence-electron chi connectivity index (χ4n) is 1.95. The van der Waals surface area contributed by atoms with Crippen molar-refractivity contribution >= 4 is 17.4 Å². The Bertz CT molecular complexity index is 605. The molecule has 0 aliphatic rings. The molecule has 0 saturated carbocycles. The number of aryl methyl sites for hydroxylation is 1. The predicted molar refractivity (Wildman–Crippen MR) is 77.1 cm³/mol. The second kappa shape index (κ2) is 6.53. The van der Waals surface area contributed by atoms with Crippen LogP contribution in [0.5, 0.6) is 5.75 Å². The van der Waals surface area contributed by atoms with E-state index in [1.165, 1.54) is 12.1 Å². The molecule has 0 fully saturated rings. The molecule has 2 rings (SSSR count). The highest BCUT2D eigenvalue weighted by molar-refractivity contribution is 6.30. The van der Waals surface area contributed by atoms with Crippen LogP contribution in [0.25, 0.3) is 0 Å². The Hall–Kier alpha value is -1.87. The molecule has 0 bridgehead atoms. The molecule has 0 amide bonds. The van der Waals surface area contributed by atoms with Gasteiger partial charge >= 0.3 is 0 Å². The maximum absolute atomic E-state index is 13.2. The van der Waals surface area contributed by atoms with E-state index in [0.717, 1.165) is 0 Å². The van der Waals surface area contributed by atoms with E-state index in [1.807, 2.05) is 0 Å². The summed E-state index contributed by atoms with van der Waals surface area (Å²) in [5.41, 5.74) is 1.30. The standard InChI is InChI=1S/C16H14ClFO2/c1-20-15-4-2-3-12(9-15)16(19)6-5-11-7-13(17)10-14(18)8-11/h2-4,7-10H,5-6H2,1H3. The Kier molecular flexibility index (Phi) is 4.74. The van der Waals surface area contributed by atoms with E-state index in [-0.39, 0.29) is 11.6 Å². The summed E-state index contributed by atoms with van der Waals surface area (Å²) in [5, 5.41) is 0.342. The van der Waals surface area contributed by atoms with Gasteiger partial charge in [-0.1, -0.05) is 23.7 Å². The summed E-state index contributed by atoms with van der Waals surface area (Å²) >= 11 is 5.78. The summed E-state index contributed by atoms with van der Waals surface area (Å²) in [6.45, 7) is 0. The summed E-state index contributed by atoms with van der Waals surface area (Å²) in [6.07, 6.45) is 0.750. The van der Waals surface area contributed by atoms with Crippen LogP contribution in [0.3, 0.4) is 0 Å². The van der Waals surface area contributed by atoms with Gasteiger partial charge in [0.2, 0.25) is 0 Å². The second-order valence-electron chi connectivity index (χ2n) is 4.43. The van der Waals surface area contributed by atoms with E-state index in [0.29, 0.717) is 34.7 Å². The van der Waals surface area contributed by atoms with Gasteiger partial charge in [-0.2, -0.15) is 0 Å². The molecule has 0 N–H and O–H groups in total. The normalized spacial score (nSPS) is 10.3. The number of carbonyl (C=O) groups is 1. The molecule has 0 saturated heterocycles. The predicted octanol–water partition coefficient (Wildman–Crippen LogP) is 4.30. The van der Waals surface area contributed by atoms with Crippen LogP contribution in [0.15, 0.2) is 42.5 Å². The highest BCUT2D eigenvalue weighted by Gasteiger charge is 2.08. The minimum atomic E-state index is -0.388. The molecule has 2 aromatic rings. The van der Waals surface area contributed by atoms with Gasteiger partial charge in [0, 0.05) is 17.0 Å². The fourth-order valence-corrected chi connectivity index (χ4v) is 2.20. The van der Waals surface area contributed by atoms with E-state index < -0.39 is 0 Å². The molecule has 0 heterocycles. The minimum Gasteiger partial charge on any atom is -0.497 e. The zero-order valence-corrected chi connectivity index (χ0v) is 11.8. The van der Waals surface area contributed by atoms with Crippen LogP contribution in [0.1, 0.15) is 22.3 Å². The van der Waals surface area contributed by atoms with E-state index in [2.05, 4.69) is 0 Å².